The molecule has 1 aliphatic heterocycles. The number of H-pyrrole nitrogens is 1. The van der Waals surface area contributed by atoms with E-state index >= 15 is 0 Å². The molecule has 0 spiro atoms. The maximum Gasteiger partial charge on any atom is 0.130 e. The Balaban J connectivity index is 2.27. The van der Waals surface area contributed by atoms with Crippen LogP contribution in [0.4, 0.5) is 0 Å². The second-order valence-electron chi connectivity index (χ2n) is 3.66. The molecule has 0 saturated carbocycles. The molecule has 15 heavy (non-hydrogen) atoms. The fourth-order valence-corrected chi connectivity index (χ4v) is 2.05. The van der Waals surface area contributed by atoms with Gasteiger partial charge in [-0.1, -0.05) is 25.1 Å². The number of hydrogen-bond acceptors (Lipinski definition) is 2. The van der Waals surface area contributed by atoms with Crippen molar-refractivity contribution in [1.29, 1.82) is 0 Å². The Morgan fingerprint density at radius 1 is 1.40 bits per heavy atom. The number of para-hydroxylation sites is 1. The molecule has 0 saturated heterocycles. The summed E-state index contributed by atoms with van der Waals surface area (Å²) in [6, 6.07) is 8.12. The maximum absolute atomic E-state index is 5.64. The van der Waals surface area contributed by atoms with E-state index in [-0.39, 0.29) is 0 Å². The van der Waals surface area contributed by atoms with Crippen molar-refractivity contribution in [1.82, 2.24) is 10.2 Å². The summed E-state index contributed by atoms with van der Waals surface area (Å²) in [6.07, 6.45) is 0.945. The Labute approximate surface area is 88.1 Å². The van der Waals surface area contributed by atoms with Crippen molar-refractivity contribution in [2.24, 2.45) is 0 Å². The summed E-state index contributed by atoms with van der Waals surface area (Å²) >= 11 is 0. The number of nitrogens with zero attached hydrogens (tertiary/aromatic N) is 1. The second-order valence-corrected chi connectivity index (χ2v) is 3.66. The summed E-state index contributed by atoms with van der Waals surface area (Å²) in [7, 11) is 0. The van der Waals surface area contributed by atoms with E-state index < -0.39 is 0 Å². The van der Waals surface area contributed by atoms with Gasteiger partial charge in [-0.25, -0.2) is 0 Å². The molecule has 3 nitrogen and oxygen atoms in total. The lowest BCUT2D eigenvalue weighted by Crippen LogP contribution is -2.05. The Kier molecular flexibility index (Phi) is 1.78. The van der Waals surface area contributed by atoms with Gasteiger partial charge in [0, 0.05) is 11.1 Å². The predicted molar refractivity (Wildman–Crippen MR) is 57.7 cm³/mol. The van der Waals surface area contributed by atoms with Crippen molar-refractivity contribution in [3.63, 3.8) is 0 Å². The Morgan fingerprint density at radius 3 is 3.13 bits per heavy atom. The molecule has 3 heteroatoms. The standard InChI is InChI=1S/C12H12N2O/c1-2-9-12-8-5-3-4-6-11(8)15-7-10(12)14-13-9/h3-6H,2,7H2,1H3,(H,13,14). The smallest absolute Gasteiger partial charge is 0.130 e. The molecule has 1 aliphatic rings. The zero-order valence-electron chi connectivity index (χ0n) is 8.58. The van der Waals surface area contributed by atoms with Crippen LogP contribution < -0.4 is 4.74 Å². The molecular formula is C12H12N2O. The van der Waals surface area contributed by atoms with Gasteiger partial charge in [0.2, 0.25) is 0 Å². The van der Waals surface area contributed by atoms with Crippen molar-refractivity contribution >= 4 is 0 Å². The molecule has 0 unspecified atom stereocenters. The van der Waals surface area contributed by atoms with Gasteiger partial charge >= 0.3 is 0 Å². The molecule has 0 aliphatic carbocycles. The normalized spacial score (nSPS) is 12.9. The van der Waals surface area contributed by atoms with Crippen LogP contribution in [0.3, 0.4) is 0 Å². The lowest BCUT2D eigenvalue weighted by molar-refractivity contribution is 0.297. The average Bonchev–Trinajstić information content (AvgIpc) is 2.72. The third-order valence-corrected chi connectivity index (χ3v) is 2.78. The van der Waals surface area contributed by atoms with E-state index in [4.69, 9.17) is 4.74 Å². The summed E-state index contributed by atoms with van der Waals surface area (Å²) in [6.45, 7) is 2.72. The van der Waals surface area contributed by atoms with Crippen molar-refractivity contribution in [2.75, 3.05) is 0 Å². The predicted octanol–water partition coefficient (Wildman–Crippen LogP) is 2.53. The first-order valence-corrected chi connectivity index (χ1v) is 5.18. The minimum absolute atomic E-state index is 0.597. The van der Waals surface area contributed by atoms with Gasteiger partial charge < -0.3 is 4.74 Å². The number of fused-ring (bicyclic) bond motifs is 3. The summed E-state index contributed by atoms with van der Waals surface area (Å²) in [5.74, 6) is 0.959. The summed E-state index contributed by atoms with van der Waals surface area (Å²) in [5.41, 5.74) is 4.61. The number of aryl methyl sites for hydroxylation is 1. The van der Waals surface area contributed by atoms with Crippen molar-refractivity contribution in [3.8, 4) is 16.9 Å². The van der Waals surface area contributed by atoms with Crippen LogP contribution in [0.2, 0.25) is 0 Å². The number of hydrogen-bond donors (Lipinski definition) is 1. The van der Waals surface area contributed by atoms with E-state index in [1.54, 1.807) is 0 Å². The molecule has 1 N–H and O–H groups in total. The first kappa shape index (κ1) is 8.53. The van der Waals surface area contributed by atoms with E-state index in [9.17, 15) is 0 Å². The first-order chi connectivity index (χ1) is 7.40. The molecular weight excluding hydrogens is 188 g/mol. The highest BCUT2D eigenvalue weighted by molar-refractivity contribution is 5.75. The molecule has 1 aromatic heterocycles. The minimum atomic E-state index is 0.597. The van der Waals surface area contributed by atoms with Crippen LogP contribution in [0.5, 0.6) is 5.75 Å². The Morgan fingerprint density at radius 2 is 2.27 bits per heavy atom. The van der Waals surface area contributed by atoms with Crippen molar-refractivity contribution in [2.45, 2.75) is 20.0 Å². The van der Waals surface area contributed by atoms with E-state index in [0.29, 0.717) is 6.61 Å². The fraction of sp³-hybridized carbons (Fsp3) is 0.250. The van der Waals surface area contributed by atoms with Crippen molar-refractivity contribution in [3.05, 3.63) is 35.7 Å². The Hall–Kier alpha value is -1.77. The SMILES string of the molecule is CCc1n[nH]c2c1-c1ccccc1OC2. The molecule has 0 fully saturated rings. The number of rotatable bonds is 1. The molecule has 0 bridgehead atoms. The van der Waals surface area contributed by atoms with E-state index in [0.717, 1.165) is 29.1 Å². The van der Waals surface area contributed by atoms with Gasteiger partial charge in [0.1, 0.15) is 12.4 Å². The van der Waals surface area contributed by atoms with Crippen LogP contribution in [0.15, 0.2) is 24.3 Å². The van der Waals surface area contributed by atoms with Crippen LogP contribution in [0.25, 0.3) is 11.1 Å². The highest BCUT2D eigenvalue weighted by Gasteiger charge is 2.21. The third kappa shape index (κ3) is 1.16. The highest BCUT2D eigenvalue weighted by atomic mass is 16.5. The fourth-order valence-electron chi connectivity index (χ4n) is 2.05. The third-order valence-electron chi connectivity index (χ3n) is 2.78. The van der Waals surface area contributed by atoms with Gasteiger partial charge in [0.05, 0.1) is 11.4 Å². The number of aromatic nitrogens is 2. The number of benzene rings is 1. The molecule has 1 aromatic carbocycles. The molecule has 76 valence electrons. The van der Waals surface area contributed by atoms with E-state index in [2.05, 4.69) is 23.2 Å². The zero-order chi connectivity index (χ0) is 10.3. The first-order valence-electron chi connectivity index (χ1n) is 5.18. The van der Waals surface area contributed by atoms with Crippen LogP contribution in [-0.4, -0.2) is 10.2 Å². The van der Waals surface area contributed by atoms with Gasteiger partial charge in [-0.2, -0.15) is 5.10 Å². The van der Waals surface area contributed by atoms with Gasteiger partial charge in [0.15, 0.2) is 0 Å². The van der Waals surface area contributed by atoms with Gasteiger partial charge in [-0.3, -0.25) is 5.10 Å². The second kappa shape index (κ2) is 3.12. The number of aromatic amines is 1. The minimum Gasteiger partial charge on any atom is -0.487 e. The lowest BCUT2D eigenvalue weighted by atomic mass is 9.99. The number of ether oxygens (including phenoxy) is 1. The average molecular weight is 200 g/mol. The monoisotopic (exact) mass is 200 g/mol. The summed E-state index contributed by atoms with van der Waals surface area (Å²) in [5, 5.41) is 7.35. The van der Waals surface area contributed by atoms with Crippen LogP contribution in [0, 0.1) is 0 Å². The molecule has 0 radical (unpaired) electrons. The van der Waals surface area contributed by atoms with Gasteiger partial charge in [-0.05, 0) is 12.5 Å². The van der Waals surface area contributed by atoms with Crippen LogP contribution in [-0.2, 0) is 13.0 Å². The molecule has 2 aromatic rings. The van der Waals surface area contributed by atoms with E-state index in [1.165, 1.54) is 5.56 Å². The molecule has 2 heterocycles. The van der Waals surface area contributed by atoms with Gasteiger partial charge in [0.25, 0.3) is 0 Å². The zero-order valence-corrected chi connectivity index (χ0v) is 8.58. The summed E-state index contributed by atoms with van der Waals surface area (Å²) < 4.78 is 5.64. The van der Waals surface area contributed by atoms with Crippen LogP contribution in [0.1, 0.15) is 18.3 Å². The molecule has 0 amide bonds. The Bertz CT molecular complexity index is 489. The van der Waals surface area contributed by atoms with Gasteiger partial charge in [-0.15, -0.1) is 0 Å². The summed E-state index contributed by atoms with van der Waals surface area (Å²) in [4.78, 5) is 0. The number of nitrogens with one attached hydrogen (secondary N) is 1. The highest BCUT2D eigenvalue weighted by Crippen LogP contribution is 2.38. The lowest BCUT2D eigenvalue weighted by Gasteiger charge is -2.17. The van der Waals surface area contributed by atoms with E-state index in [1.807, 2.05) is 18.2 Å². The van der Waals surface area contributed by atoms with Crippen LogP contribution >= 0.6 is 0 Å². The maximum atomic E-state index is 5.64. The topological polar surface area (TPSA) is 37.9 Å². The largest absolute Gasteiger partial charge is 0.487 e. The molecule has 0 atom stereocenters. The quantitative estimate of drug-likeness (QED) is 0.768. The van der Waals surface area contributed by atoms with Crippen molar-refractivity contribution < 1.29 is 4.74 Å². The molecule has 3 rings (SSSR count).